The Balaban J connectivity index is 2.01. The van der Waals surface area contributed by atoms with Crippen molar-refractivity contribution in [2.24, 2.45) is 11.8 Å². The summed E-state index contributed by atoms with van der Waals surface area (Å²) in [5.74, 6) is 1.57. The summed E-state index contributed by atoms with van der Waals surface area (Å²) in [5.41, 5.74) is 1.75. The maximum absolute atomic E-state index is 11.1. The minimum Gasteiger partial charge on any atom is -0.383 e. The van der Waals surface area contributed by atoms with Crippen molar-refractivity contribution in [1.82, 2.24) is 4.90 Å². The highest BCUT2D eigenvalue weighted by Crippen LogP contribution is 2.28. The van der Waals surface area contributed by atoms with Gasteiger partial charge in [-0.25, -0.2) is 0 Å². The maximum atomic E-state index is 11.1. The molecule has 0 aromatic heterocycles. The van der Waals surface area contributed by atoms with Crippen molar-refractivity contribution in [2.75, 3.05) is 25.5 Å². The summed E-state index contributed by atoms with van der Waals surface area (Å²) in [6, 6.07) is 5.47. The Morgan fingerprint density at radius 1 is 1.38 bits per heavy atom. The summed E-state index contributed by atoms with van der Waals surface area (Å²) >= 11 is 0. The number of anilines is 1. The van der Waals surface area contributed by atoms with Gasteiger partial charge in [-0.1, -0.05) is 19.9 Å². The molecule has 0 amide bonds. The second kappa shape index (κ2) is 6.89. The molecule has 0 saturated carbocycles. The van der Waals surface area contributed by atoms with Crippen molar-refractivity contribution in [3.05, 3.63) is 33.9 Å². The largest absolute Gasteiger partial charge is 0.383 e. The van der Waals surface area contributed by atoms with Gasteiger partial charge in [-0.15, -0.1) is 0 Å². The molecule has 1 aliphatic heterocycles. The molecule has 5 nitrogen and oxygen atoms in total. The Morgan fingerprint density at radius 2 is 2.05 bits per heavy atom. The molecule has 116 valence electrons. The van der Waals surface area contributed by atoms with Crippen LogP contribution < -0.4 is 5.32 Å². The monoisotopic (exact) mass is 291 g/mol. The van der Waals surface area contributed by atoms with E-state index < -0.39 is 0 Å². The molecule has 5 heteroatoms. The highest BCUT2D eigenvalue weighted by Gasteiger charge is 2.22. The molecule has 0 atom stereocenters. The molecule has 1 saturated heterocycles. The first-order valence-corrected chi connectivity index (χ1v) is 7.68. The molecule has 0 bridgehead atoms. The van der Waals surface area contributed by atoms with Crippen LogP contribution in [0.25, 0.3) is 0 Å². The van der Waals surface area contributed by atoms with Gasteiger partial charge in [0.15, 0.2) is 0 Å². The number of hydrogen-bond acceptors (Lipinski definition) is 4. The zero-order valence-corrected chi connectivity index (χ0v) is 13.1. The average Bonchev–Trinajstić information content (AvgIpc) is 2.47. The van der Waals surface area contributed by atoms with Gasteiger partial charge >= 0.3 is 0 Å². The minimum atomic E-state index is -0.319. The summed E-state index contributed by atoms with van der Waals surface area (Å²) in [5, 5.41) is 14.0. The lowest BCUT2D eigenvalue weighted by molar-refractivity contribution is -0.384. The van der Waals surface area contributed by atoms with E-state index in [0.717, 1.165) is 37.0 Å². The van der Waals surface area contributed by atoms with Gasteiger partial charge in [0.25, 0.3) is 5.69 Å². The van der Waals surface area contributed by atoms with E-state index in [9.17, 15) is 10.1 Å². The fraction of sp³-hybridized carbons (Fsp3) is 0.625. The van der Waals surface area contributed by atoms with Gasteiger partial charge in [0.1, 0.15) is 5.69 Å². The Labute approximate surface area is 126 Å². The first-order chi connectivity index (χ1) is 10.0. The standard InChI is InChI=1S/C16H25N3O2/c1-12(2)14-6-8-18(9-7-14)11-13-4-5-15(17-3)16(10-13)19(20)21/h4-5,10,12,14,17H,6-9,11H2,1-3H3. The molecule has 1 heterocycles. The van der Waals surface area contributed by atoms with Crippen LogP contribution in [0.2, 0.25) is 0 Å². The number of nitro groups is 1. The van der Waals surface area contributed by atoms with Crippen LogP contribution in [-0.4, -0.2) is 30.0 Å². The zero-order valence-electron chi connectivity index (χ0n) is 13.1. The minimum absolute atomic E-state index is 0.159. The summed E-state index contributed by atoms with van der Waals surface area (Å²) in [6.07, 6.45) is 2.46. The highest BCUT2D eigenvalue weighted by molar-refractivity contribution is 5.62. The predicted octanol–water partition coefficient (Wildman–Crippen LogP) is 3.50. The van der Waals surface area contributed by atoms with Crippen LogP contribution in [-0.2, 0) is 6.54 Å². The van der Waals surface area contributed by atoms with E-state index in [1.807, 2.05) is 6.07 Å². The molecule has 0 aliphatic carbocycles. The van der Waals surface area contributed by atoms with E-state index in [1.165, 1.54) is 12.8 Å². The van der Waals surface area contributed by atoms with E-state index in [4.69, 9.17) is 0 Å². The summed E-state index contributed by atoms with van der Waals surface area (Å²) in [7, 11) is 1.71. The van der Waals surface area contributed by atoms with Crippen LogP contribution in [0.1, 0.15) is 32.3 Å². The van der Waals surface area contributed by atoms with Crippen molar-refractivity contribution >= 4 is 11.4 Å². The van der Waals surface area contributed by atoms with Gasteiger partial charge < -0.3 is 5.32 Å². The second-order valence-corrected chi connectivity index (χ2v) is 6.22. The number of rotatable bonds is 5. The van der Waals surface area contributed by atoms with Crippen LogP contribution in [0.4, 0.5) is 11.4 Å². The fourth-order valence-electron chi connectivity index (χ4n) is 3.07. The van der Waals surface area contributed by atoms with Gasteiger partial charge in [0.2, 0.25) is 0 Å². The maximum Gasteiger partial charge on any atom is 0.292 e. The first-order valence-electron chi connectivity index (χ1n) is 7.68. The number of benzene rings is 1. The first kappa shape index (κ1) is 15.8. The third-order valence-electron chi connectivity index (χ3n) is 4.51. The van der Waals surface area contributed by atoms with E-state index in [0.29, 0.717) is 5.69 Å². The number of nitrogens with one attached hydrogen (secondary N) is 1. The third kappa shape index (κ3) is 3.94. The molecular formula is C16H25N3O2. The zero-order chi connectivity index (χ0) is 15.4. The Morgan fingerprint density at radius 3 is 2.57 bits per heavy atom. The second-order valence-electron chi connectivity index (χ2n) is 6.22. The van der Waals surface area contributed by atoms with Crippen LogP contribution in [0.15, 0.2) is 18.2 Å². The Hall–Kier alpha value is -1.62. The van der Waals surface area contributed by atoms with Gasteiger partial charge in [0, 0.05) is 19.7 Å². The number of nitro benzene ring substituents is 1. The SMILES string of the molecule is CNc1ccc(CN2CCC(C(C)C)CC2)cc1[N+](=O)[O-]. The van der Waals surface area contributed by atoms with Crippen molar-refractivity contribution < 1.29 is 4.92 Å². The topological polar surface area (TPSA) is 58.4 Å². The lowest BCUT2D eigenvalue weighted by atomic mass is 9.86. The molecule has 21 heavy (non-hydrogen) atoms. The van der Waals surface area contributed by atoms with E-state index >= 15 is 0 Å². The van der Waals surface area contributed by atoms with Crippen molar-refractivity contribution in [3.8, 4) is 0 Å². The molecule has 0 radical (unpaired) electrons. The average molecular weight is 291 g/mol. The van der Waals surface area contributed by atoms with Crippen molar-refractivity contribution in [3.63, 3.8) is 0 Å². The molecule has 1 aliphatic rings. The molecule has 0 spiro atoms. The number of likely N-dealkylation sites (tertiary alicyclic amines) is 1. The van der Waals surface area contributed by atoms with E-state index in [-0.39, 0.29) is 10.6 Å². The van der Waals surface area contributed by atoms with Gasteiger partial charge in [0.05, 0.1) is 4.92 Å². The van der Waals surface area contributed by atoms with Crippen LogP contribution >= 0.6 is 0 Å². The predicted molar refractivity (Wildman–Crippen MR) is 85.5 cm³/mol. The molecule has 1 N–H and O–H groups in total. The Bertz CT molecular complexity index is 494. The summed E-state index contributed by atoms with van der Waals surface area (Å²) < 4.78 is 0. The smallest absolute Gasteiger partial charge is 0.292 e. The highest BCUT2D eigenvalue weighted by atomic mass is 16.6. The number of hydrogen-bond donors (Lipinski definition) is 1. The molecule has 1 aromatic rings. The van der Waals surface area contributed by atoms with Gasteiger partial charge in [-0.2, -0.15) is 0 Å². The lowest BCUT2D eigenvalue weighted by Gasteiger charge is -2.33. The van der Waals surface area contributed by atoms with E-state index in [2.05, 4.69) is 24.1 Å². The van der Waals surface area contributed by atoms with E-state index in [1.54, 1.807) is 19.2 Å². The summed E-state index contributed by atoms with van der Waals surface area (Å²) in [4.78, 5) is 13.2. The molecule has 1 aromatic carbocycles. The van der Waals surface area contributed by atoms with Crippen molar-refractivity contribution in [1.29, 1.82) is 0 Å². The molecular weight excluding hydrogens is 266 g/mol. The quantitative estimate of drug-likeness (QED) is 0.666. The molecule has 2 rings (SSSR count). The van der Waals surface area contributed by atoms with Crippen molar-refractivity contribution in [2.45, 2.75) is 33.2 Å². The Kier molecular flexibility index (Phi) is 5.17. The number of nitrogens with zero attached hydrogens (tertiary/aromatic N) is 2. The van der Waals surface area contributed by atoms with Gasteiger partial charge in [-0.3, -0.25) is 15.0 Å². The van der Waals surface area contributed by atoms with Gasteiger partial charge in [-0.05, 0) is 49.4 Å². The molecule has 1 fully saturated rings. The number of piperidine rings is 1. The van der Waals surface area contributed by atoms with Crippen LogP contribution in [0.5, 0.6) is 0 Å². The van der Waals surface area contributed by atoms with Crippen LogP contribution in [0.3, 0.4) is 0 Å². The normalized spacial score (nSPS) is 17.1. The van der Waals surface area contributed by atoms with Crippen LogP contribution in [0, 0.1) is 22.0 Å². The molecule has 0 unspecified atom stereocenters. The fourth-order valence-corrected chi connectivity index (χ4v) is 3.07. The summed E-state index contributed by atoms with van der Waals surface area (Å²) in [6.45, 7) is 7.56. The third-order valence-corrected chi connectivity index (χ3v) is 4.51. The lowest BCUT2D eigenvalue weighted by Crippen LogP contribution is -2.34.